The van der Waals surface area contributed by atoms with Gasteiger partial charge in [-0.25, -0.2) is 4.79 Å². The number of carbonyl (C=O) groups excluding carboxylic acids is 3. The topological polar surface area (TPSA) is 117 Å². The number of carbonyl (C=O) groups is 3. The van der Waals surface area contributed by atoms with Crippen molar-refractivity contribution in [2.75, 3.05) is 11.9 Å². The van der Waals surface area contributed by atoms with Crippen molar-refractivity contribution in [2.24, 2.45) is 5.92 Å². The van der Waals surface area contributed by atoms with Crippen molar-refractivity contribution >= 4 is 23.5 Å². The number of hydrogen-bond donors (Lipinski definition) is 2. The summed E-state index contributed by atoms with van der Waals surface area (Å²) in [5, 5.41) is 9.68. The fourth-order valence-corrected chi connectivity index (χ4v) is 4.33. The number of nitrogens with zero attached hydrogens (tertiary/aromatic N) is 3. The summed E-state index contributed by atoms with van der Waals surface area (Å²) < 4.78 is 5.40. The highest BCUT2D eigenvalue weighted by Crippen LogP contribution is 2.36. The van der Waals surface area contributed by atoms with Crippen LogP contribution in [0.5, 0.6) is 0 Å². The molecule has 2 N–H and O–H groups in total. The standard InChI is InChI=1S/C23H29N5O4/c1-13(2)19-25-20(32-27-19)16-7-5-6-15(4)18(16)24-17(29)12-28-21(30)23(26-22(28)31)10-8-14(3)9-11-23/h5-7,13-14H,8-12H2,1-4H3,(H,24,29)(H,26,31). The van der Waals surface area contributed by atoms with E-state index in [9.17, 15) is 14.4 Å². The molecule has 9 heteroatoms. The Morgan fingerprint density at radius 1 is 1.31 bits per heavy atom. The van der Waals surface area contributed by atoms with Gasteiger partial charge in [0.05, 0.1) is 11.3 Å². The normalized spacial score (nSPS) is 23.2. The van der Waals surface area contributed by atoms with Crippen molar-refractivity contribution < 1.29 is 18.9 Å². The van der Waals surface area contributed by atoms with Gasteiger partial charge in [-0.2, -0.15) is 4.98 Å². The van der Waals surface area contributed by atoms with Crippen molar-refractivity contribution in [1.29, 1.82) is 0 Å². The molecule has 0 unspecified atom stereocenters. The van der Waals surface area contributed by atoms with Crippen LogP contribution in [0, 0.1) is 12.8 Å². The van der Waals surface area contributed by atoms with E-state index in [1.54, 1.807) is 6.07 Å². The first-order chi connectivity index (χ1) is 15.2. The first kappa shape index (κ1) is 22.0. The van der Waals surface area contributed by atoms with E-state index in [0.717, 1.165) is 23.3 Å². The van der Waals surface area contributed by atoms with Gasteiger partial charge in [-0.1, -0.05) is 38.1 Å². The van der Waals surface area contributed by atoms with Crippen LogP contribution < -0.4 is 10.6 Å². The molecule has 32 heavy (non-hydrogen) atoms. The van der Waals surface area contributed by atoms with Crippen LogP contribution in [-0.4, -0.2) is 45.0 Å². The molecule has 9 nitrogen and oxygen atoms in total. The van der Waals surface area contributed by atoms with Crippen molar-refractivity contribution in [3.05, 3.63) is 29.6 Å². The highest BCUT2D eigenvalue weighted by atomic mass is 16.5. The predicted octanol–water partition coefficient (Wildman–Crippen LogP) is 3.61. The minimum Gasteiger partial charge on any atom is -0.334 e. The zero-order chi connectivity index (χ0) is 23.0. The van der Waals surface area contributed by atoms with Gasteiger partial charge >= 0.3 is 6.03 Å². The van der Waals surface area contributed by atoms with Gasteiger partial charge in [0, 0.05) is 5.92 Å². The lowest BCUT2D eigenvalue weighted by Crippen LogP contribution is -2.49. The number of anilines is 1. The van der Waals surface area contributed by atoms with Gasteiger partial charge in [-0.15, -0.1) is 0 Å². The number of para-hydroxylation sites is 1. The highest BCUT2D eigenvalue weighted by Gasteiger charge is 2.52. The maximum atomic E-state index is 13.0. The maximum absolute atomic E-state index is 13.0. The van der Waals surface area contributed by atoms with Gasteiger partial charge in [0.2, 0.25) is 5.91 Å². The van der Waals surface area contributed by atoms with Crippen LogP contribution in [0.1, 0.15) is 63.8 Å². The van der Waals surface area contributed by atoms with Crippen LogP contribution in [0.25, 0.3) is 11.5 Å². The Hall–Kier alpha value is -3.23. The van der Waals surface area contributed by atoms with Gasteiger partial charge in [0.25, 0.3) is 11.8 Å². The number of benzene rings is 1. The summed E-state index contributed by atoms with van der Waals surface area (Å²) >= 11 is 0. The van der Waals surface area contributed by atoms with Gasteiger partial charge in [-0.05, 0) is 50.2 Å². The number of urea groups is 1. The monoisotopic (exact) mass is 439 g/mol. The maximum Gasteiger partial charge on any atom is 0.325 e. The minimum atomic E-state index is -0.866. The Labute approximate surface area is 186 Å². The lowest BCUT2D eigenvalue weighted by atomic mass is 9.77. The molecular formula is C23H29N5O4. The zero-order valence-electron chi connectivity index (χ0n) is 18.9. The number of rotatable bonds is 5. The number of amides is 4. The van der Waals surface area contributed by atoms with Crippen molar-refractivity contribution in [3.63, 3.8) is 0 Å². The Morgan fingerprint density at radius 2 is 2.03 bits per heavy atom. The zero-order valence-corrected chi connectivity index (χ0v) is 18.9. The van der Waals surface area contributed by atoms with Gasteiger partial charge in [0.15, 0.2) is 5.82 Å². The molecule has 2 fully saturated rings. The number of imide groups is 1. The molecule has 2 heterocycles. The number of hydrogen-bond acceptors (Lipinski definition) is 6. The van der Waals surface area contributed by atoms with Crippen LogP contribution in [0.4, 0.5) is 10.5 Å². The lowest BCUT2D eigenvalue weighted by Gasteiger charge is -2.33. The third-order valence-electron chi connectivity index (χ3n) is 6.40. The van der Waals surface area contributed by atoms with Crippen molar-refractivity contribution in [2.45, 2.75) is 64.8 Å². The van der Waals surface area contributed by atoms with Crippen LogP contribution in [-0.2, 0) is 9.59 Å². The molecule has 1 aliphatic carbocycles. The number of nitrogens with one attached hydrogen (secondary N) is 2. The third-order valence-corrected chi connectivity index (χ3v) is 6.40. The van der Waals surface area contributed by atoms with Crippen LogP contribution >= 0.6 is 0 Å². The Morgan fingerprint density at radius 3 is 2.69 bits per heavy atom. The van der Waals surface area contributed by atoms with E-state index >= 15 is 0 Å². The largest absolute Gasteiger partial charge is 0.334 e. The summed E-state index contributed by atoms with van der Waals surface area (Å²) in [6.45, 7) is 7.57. The first-order valence-electron chi connectivity index (χ1n) is 11.1. The SMILES string of the molecule is Cc1cccc(-c2nc(C(C)C)no2)c1NC(=O)CN1C(=O)NC2(CCC(C)CC2)C1=O. The molecule has 4 amide bonds. The molecule has 170 valence electrons. The van der Waals surface area contributed by atoms with E-state index < -0.39 is 17.5 Å². The smallest absolute Gasteiger partial charge is 0.325 e. The average molecular weight is 440 g/mol. The summed E-state index contributed by atoms with van der Waals surface area (Å²) in [5.41, 5.74) is 1.04. The number of aryl methyl sites for hydroxylation is 1. The van der Waals surface area contributed by atoms with Crippen LogP contribution in [0.15, 0.2) is 22.7 Å². The van der Waals surface area contributed by atoms with Crippen LogP contribution in [0.2, 0.25) is 0 Å². The van der Waals surface area contributed by atoms with E-state index in [-0.39, 0.29) is 18.4 Å². The first-order valence-corrected chi connectivity index (χ1v) is 11.1. The fraction of sp³-hybridized carbons (Fsp3) is 0.522. The number of aromatic nitrogens is 2. The lowest BCUT2D eigenvalue weighted by molar-refractivity contribution is -0.135. The summed E-state index contributed by atoms with van der Waals surface area (Å²) in [5.74, 6) is 0.735. The van der Waals surface area contributed by atoms with Crippen molar-refractivity contribution in [3.8, 4) is 11.5 Å². The summed E-state index contributed by atoms with van der Waals surface area (Å²) in [6, 6.07) is 4.96. The Kier molecular flexibility index (Phi) is 5.75. The predicted molar refractivity (Wildman–Crippen MR) is 118 cm³/mol. The molecule has 1 aromatic carbocycles. The molecule has 1 aromatic heterocycles. The van der Waals surface area contributed by atoms with E-state index in [2.05, 4.69) is 27.7 Å². The fourth-order valence-electron chi connectivity index (χ4n) is 4.33. The molecule has 4 rings (SSSR count). The van der Waals surface area contributed by atoms with Gasteiger partial charge in [-0.3, -0.25) is 14.5 Å². The third kappa shape index (κ3) is 3.99. The minimum absolute atomic E-state index is 0.102. The Bertz CT molecular complexity index is 1050. The molecule has 0 bridgehead atoms. The second-order valence-corrected chi connectivity index (χ2v) is 9.24. The van der Waals surface area contributed by atoms with Gasteiger partial charge in [0.1, 0.15) is 12.1 Å². The summed E-state index contributed by atoms with van der Waals surface area (Å²) in [4.78, 5) is 43.9. The van der Waals surface area contributed by atoms with E-state index in [4.69, 9.17) is 4.52 Å². The molecule has 0 radical (unpaired) electrons. The van der Waals surface area contributed by atoms with E-state index in [1.807, 2.05) is 32.9 Å². The highest BCUT2D eigenvalue weighted by molar-refractivity contribution is 6.10. The Balaban J connectivity index is 1.51. The molecule has 2 aromatic rings. The average Bonchev–Trinajstić information content (AvgIpc) is 3.32. The van der Waals surface area contributed by atoms with Crippen LogP contribution in [0.3, 0.4) is 0 Å². The molecule has 1 aliphatic heterocycles. The summed E-state index contributed by atoms with van der Waals surface area (Å²) in [7, 11) is 0. The molecule has 1 spiro atoms. The van der Waals surface area contributed by atoms with E-state index in [0.29, 0.717) is 41.7 Å². The van der Waals surface area contributed by atoms with Gasteiger partial charge < -0.3 is 15.2 Å². The van der Waals surface area contributed by atoms with Crippen molar-refractivity contribution in [1.82, 2.24) is 20.4 Å². The van der Waals surface area contributed by atoms with E-state index in [1.165, 1.54) is 0 Å². The molecule has 1 saturated heterocycles. The molecule has 0 atom stereocenters. The summed E-state index contributed by atoms with van der Waals surface area (Å²) in [6.07, 6.45) is 2.96. The second kappa shape index (κ2) is 8.37. The molecule has 1 saturated carbocycles. The molecule has 2 aliphatic rings. The second-order valence-electron chi connectivity index (χ2n) is 9.24. The quantitative estimate of drug-likeness (QED) is 0.687. The molecular weight excluding hydrogens is 410 g/mol.